The van der Waals surface area contributed by atoms with Gasteiger partial charge in [0.2, 0.25) is 0 Å². The monoisotopic (exact) mass is 259 g/mol. The fourth-order valence-corrected chi connectivity index (χ4v) is 3.41. The van der Waals surface area contributed by atoms with E-state index in [1.165, 1.54) is 48.9 Å². The van der Waals surface area contributed by atoms with Crippen LogP contribution in [0.15, 0.2) is 18.2 Å². The summed E-state index contributed by atoms with van der Waals surface area (Å²) in [5.74, 6) is 1.76. The Hall–Kier alpha value is -0.980. The highest BCUT2D eigenvalue weighted by atomic mass is 14.9. The normalized spacial score (nSPS) is 23.6. The molecule has 0 radical (unpaired) electrons. The SMILES string of the molecule is Cc1ccc(C)c(NC2CCCC(CC(C)C)C2)c1. The molecule has 0 aromatic heterocycles. The first-order chi connectivity index (χ1) is 9.04. The Morgan fingerprint density at radius 2 is 2.00 bits per heavy atom. The second kappa shape index (κ2) is 6.45. The molecule has 1 aromatic rings. The zero-order chi connectivity index (χ0) is 13.8. The van der Waals surface area contributed by atoms with E-state index in [1.54, 1.807) is 0 Å². The van der Waals surface area contributed by atoms with Gasteiger partial charge >= 0.3 is 0 Å². The van der Waals surface area contributed by atoms with Gasteiger partial charge in [-0.05, 0) is 62.1 Å². The minimum atomic E-state index is 0.679. The Labute approximate surface area is 118 Å². The fourth-order valence-electron chi connectivity index (χ4n) is 3.41. The van der Waals surface area contributed by atoms with Crippen molar-refractivity contribution in [2.45, 2.75) is 65.8 Å². The average molecular weight is 259 g/mol. The molecule has 0 heterocycles. The number of nitrogens with one attached hydrogen (secondary N) is 1. The molecule has 1 heteroatoms. The van der Waals surface area contributed by atoms with Crippen molar-refractivity contribution in [3.05, 3.63) is 29.3 Å². The lowest BCUT2D eigenvalue weighted by molar-refractivity contribution is 0.289. The summed E-state index contributed by atoms with van der Waals surface area (Å²) >= 11 is 0. The summed E-state index contributed by atoms with van der Waals surface area (Å²) in [6.07, 6.45) is 6.90. The van der Waals surface area contributed by atoms with Crippen LogP contribution >= 0.6 is 0 Å². The van der Waals surface area contributed by atoms with E-state index < -0.39 is 0 Å². The van der Waals surface area contributed by atoms with Crippen molar-refractivity contribution in [3.63, 3.8) is 0 Å². The van der Waals surface area contributed by atoms with Crippen LogP contribution in [0.2, 0.25) is 0 Å². The van der Waals surface area contributed by atoms with Gasteiger partial charge < -0.3 is 5.32 Å². The van der Waals surface area contributed by atoms with Crippen LogP contribution in [0, 0.1) is 25.7 Å². The predicted molar refractivity (Wildman–Crippen MR) is 84.7 cm³/mol. The fraction of sp³-hybridized carbons (Fsp3) is 0.667. The number of hydrogen-bond donors (Lipinski definition) is 1. The quantitative estimate of drug-likeness (QED) is 0.771. The number of rotatable bonds is 4. The van der Waals surface area contributed by atoms with Crippen LogP contribution in [0.5, 0.6) is 0 Å². The van der Waals surface area contributed by atoms with E-state index in [1.807, 2.05) is 0 Å². The molecule has 1 saturated carbocycles. The number of benzene rings is 1. The van der Waals surface area contributed by atoms with Crippen molar-refractivity contribution in [3.8, 4) is 0 Å². The third-order valence-corrected chi connectivity index (χ3v) is 4.34. The van der Waals surface area contributed by atoms with Crippen LogP contribution in [-0.2, 0) is 0 Å². The van der Waals surface area contributed by atoms with Gasteiger partial charge in [-0.25, -0.2) is 0 Å². The van der Waals surface area contributed by atoms with Gasteiger partial charge in [-0.15, -0.1) is 0 Å². The summed E-state index contributed by atoms with van der Waals surface area (Å²) in [7, 11) is 0. The summed E-state index contributed by atoms with van der Waals surface area (Å²) in [6, 6.07) is 7.40. The highest BCUT2D eigenvalue weighted by Crippen LogP contribution is 2.31. The van der Waals surface area contributed by atoms with E-state index in [2.05, 4.69) is 51.2 Å². The Bertz CT molecular complexity index is 408. The van der Waals surface area contributed by atoms with Gasteiger partial charge in [-0.2, -0.15) is 0 Å². The second-order valence-electron chi connectivity index (χ2n) is 6.82. The van der Waals surface area contributed by atoms with Gasteiger partial charge in [0.05, 0.1) is 0 Å². The molecule has 1 aliphatic rings. The zero-order valence-electron chi connectivity index (χ0n) is 13.0. The minimum absolute atomic E-state index is 0.679. The zero-order valence-corrected chi connectivity index (χ0v) is 13.0. The highest BCUT2D eigenvalue weighted by molar-refractivity contribution is 5.53. The summed E-state index contributed by atoms with van der Waals surface area (Å²) in [5, 5.41) is 3.79. The van der Waals surface area contributed by atoms with E-state index in [0.29, 0.717) is 6.04 Å². The molecule has 1 fully saturated rings. The van der Waals surface area contributed by atoms with Crippen molar-refractivity contribution in [2.75, 3.05) is 5.32 Å². The van der Waals surface area contributed by atoms with E-state index in [0.717, 1.165) is 11.8 Å². The number of hydrogen-bond acceptors (Lipinski definition) is 1. The maximum absolute atomic E-state index is 3.79. The minimum Gasteiger partial charge on any atom is -0.382 e. The van der Waals surface area contributed by atoms with Crippen LogP contribution in [0.25, 0.3) is 0 Å². The first-order valence-electron chi connectivity index (χ1n) is 7.88. The van der Waals surface area contributed by atoms with Gasteiger partial charge in [-0.1, -0.05) is 38.8 Å². The van der Waals surface area contributed by atoms with Gasteiger partial charge in [0.15, 0.2) is 0 Å². The molecule has 0 aliphatic heterocycles. The molecule has 2 atom stereocenters. The van der Waals surface area contributed by atoms with Gasteiger partial charge in [0, 0.05) is 11.7 Å². The van der Waals surface area contributed by atoms with Crippen LogP contribution in [-0.4, -0.2) is 6.04 Å². The lowest BCUT2D eigenvalue weighted by Crippen LogP contribution is -2.28. The summed E-state index contributed by atoms with van der Waals surface area (Å²) < 4.78 is 0. The van der Waals surface area contributed by atoms with E-state index in [-0.39, 0.29) is 0 Å². The van der Waals surface area contributed by atoms with Crippen molar-refractivity contribution < 1.29 is 0 Å². The Kier molecular flexibility index (Phi) is 4.90. The van der Waals surface area contributed by atoms with E-state index in [9.17, 15) is 0 Å². The highest BCUT2D eigenvalue weighted by Gasteiger charge is 2.22. The standard InChI is InChI=1S/C18H29N/c1-13(2)10-16-6-5-7-17(12-16)19-18-11-14(3)8-9-15(18)4/h8-9,11,13,16-17,19H,5-7,10,12H2,1-4H3. The molecule has 1 N–H and O–H groups in total. The molecule has 1 aromatic carbocycles. The van der Waals surface area contributed by atoms with Gasteiger partial charge in [0.25, 0.3) is 0 Å². The maximum Gasteiger partial charge on any atom is 0.0374 e. The first kappa shape index (κ1) is 14.4. The van der Waals surface area contributed by atoms with Gasteiger partial charge in [0.1, 0.15) is 0 Å². The topological polar surface area (TPSA) is 12.0 Å². The molecule has 2 rings (SSSR count). The van der Waals surface area contributed by atoms with Gasteiger partial charge in [-0.3, -0.25) is 0 Å². The molecule has 2 unspecified atom stereocenters. The lowest BCUT2D eigenvalue weighted by atomic mass is 9.81. The third kappa shape index (κ3) is 4.26. The molecule has 1 aliphatic carbocycles. The third-order valence-electron chi connectivity index (χ3n) is 4.34. The number of aryl methyl sites for hydroxylation is 2. The Balaban J connectivity index is 1.96. The average Bonchev–Trinajstić information content (AvgIpc) is 2.33. The largest absolute Gasteiger partial charge is 0.382 e. The van der Waals surface area contributed by atoms with Crippen LogP contribution in [0.3, 0.4) is 0 Å². The smallest absolute Gasteiger partial charge is 0.0374 e. The first-order valence-corrected chi connectivity index (χ1v) is 7.88. The van der Waals surface area contributed by atoms with Crippen LogP contribution in [0.1, 0.15) is 57.1 Å². The van der Waals surface area contributed by atoms with Crippen LogP contribution in [0.4, 0.5) is 5.69 Å². The molecule has 0 bridgehead atoms. The maximum atomic E-state index is 3.79. The van der Waals surface area contributed by atoms with E-state index >= 15 is 0 Å². The molecule has 0 spiro atoms. The number of anilines is 1. The molecule has 0 saturated heterocycles. The van der Waals surface area contributed by atoms with Crippen molar-refractivity contribution in [1.82, 2.24) is 0 Å². The Morgan fingerprint density at radius 3 is 2.74 bits per heavy atom. The predicted octanol–water partition coefficient (Wildman–Crippen LogP) is 5.32. The molecule has 19 heavy (non-hydrogen) atoms. The lowest BCUT2D eigenvalue weighted by Gasteiger charge is -2.32. The summed E-state index contributed by atoms with van der Waals surface area (Å²) in [4.78, 5) is 0. The molecular formula is C18H29N. The molecular weight excluding hydrogens is 230 g/mol. The summed E-state index contributed by atoms with van der Waals surface area (Å²) in [5.41, 5.74) is 4.06. The van der Waals surface area contributed by atoms with Crippen molar-refractivity contribution in [2.24, 2.45) is 11.8 Å². The summed E-state index contributed by atoms with van der Waals surface area (Å²) in [6.45, 7) is 9.08. The van der Waals surface area contributed by atoms with Crippen molar-refractivity contribution in [1.29, 1.82) is 0 Å². The Morgan fingerprint density at radius 1 is 1.21 bits per heavy atom. The van der Waals surface area contributed by atoms with E-state index in [4.69, 9.17) is 0 Å². The molecule has 0 amide bonds. The van der Waals surface area contributed by atoms with Crippen LogP contribution < -0.4 is 5.32 Å². The second-order valence-corrected chi connectivity index (χ2v) is 6.82. The molecule has 106 valence electrons. The van der Waals surface area contributed by atoms with Crippen molar-refractivity contribution >= 4 is 5.69 Å². The molecule has 1 nitrogen and oxygen atoms in total.